The molecular weight excluding hydrogens is 335 g/mol. The number of rotatable bonds is 13. The first-order chi connectivity index (χ1) is 9.18. The topological polar surface area (TPSA) is 26.3 Å². The molecule has 0 N–H and O–H groups in total. The largest absolute Gasteiger partial charge is 0.462 e. The van der Waals surface area contributed by atoms with E-state index < -0.39 is 0 Å². The molecule has 0 rings (SSSR count). The van der Waals surface area contributed by atoms with Crippen molar-refractivity contribution in [1.29, 1.82) is 0 Å². The van der Waals surface area contributed by atoms with E-state index in [0.29, 0.717) is 12.2 Å². The summed E-state index contributed by atoms with van der Waals surface area (Å²) in [5.74, 6) is -0.259. The first-order valence-electron chi connectivity index (χ1n) is 7.71. The van der Waals surface area contributed by atoms with Gasteiger partial charge in [0, 0.05) is 5.57 Å². The van der Waals surface area contributed by atoms with E-state index in [1.807, 2.05) is 0 Å². The Morgan fingerprint density at radius 3 is 1.70 bits per heavy atom. The summed E-state index contributed by atoms with van der Waals surface area (Å²) >= 11 is 0. The van der Waals surface area contributed by atoms with Crippen molar-refractivity contribution in [2.75, 3.05) is 12.8 Å². The van der Waals surface area contributed by atoms with E-state index >= 15 is 0 Å². The molecule has 0 aromatic rings. The lowest BCUT2D eigenvalue weighted by molar-refractivity contribution is -0.139. The zero-order chi connectivity index (χ0) is 14.3. The van der Waals surface area contributed by atoms with Crippen molar-refractivity contribution in [3.8, 4) is 0 Å². The van der Waals surface area contributed by atoms with Crippen molar-refractivity contribution in [1.82, 2.24) is 0 Å². The molecule has 0 aromatic carbocycles. The zero-order valence-corrected chi connectivity index (χ0v) is 15.9. The molecule has 0 bridgehead atoms. The highest BCUT2D eigenvalue weighted by molar-refractivity contribution is 8.93. The molecule has 0 aliphatic rings. The Morgan fingerprint density at radius 2 is 1.30 bits per heavy atom. The molecule has 0 aliphatic heterocycles. The standard InChI is InChI=1S/C16H31O2P.BrH/c1-15(2)16(17)18-13-11-9-7-5-3-4-6-8-10-12-14-19;/h1,3-14,19H2,2H3;1H. The minimum atomic E-state index is -0.259. The summed E-state index contributed by atoms with van der Waals surface area (Å²) in [7, 11) is 2.79. The van der Waals surface area contributed by atoms with E-state index in [-0.39, 0.29) is 23.0 Å². The van der Waals surface area contributed by atoms with Gasteiger partial charge < -0.3 is 4.74 Å². The number of hydrogen-bond donors (Lipinski definition) is 0. The second-order valence-corrected chi connectivity index (χ2v) is 5.82. The van der Waals surface area contributed by atoms with E-state index in [1.165, 1.54) is 57.5 Å². The Kier molecular flexibility index (Phi) is 19.2. The van der Waals surface area contributed by atoms with Crippen molar-refractivity contribution in [2.24, 2.45) is 0 Å². The normalized spacial score (nSPS) is 9.90. The summed E-state index contributed by atoms with van der Waals surface area (Å²) in [6.45, 7) is 5.78. The molecule has 0 heterocycles. The maximum atomic E-state index is 11.1. The molecule has 0 amide bonds. The summed E-state index contributed by atoms with van der Waals surface area (Å²) in [4.78, 5) is 11.1. The van der Waals surface area contributed by atoms with Gasteiger partial charge >= 0.3 is 5.97 Å². The second-order valence-electron chi connectivity index (χ2n) is 5.24. The molecular formula is C16H32BrO2P. The first kappa shape index (κ1) is 22.4. The van der Waals surface area contributed by atoms with Gasteiger partial charge in [0.1, 0.15) is 0 Å². The molecule has 120 valence electrons. The molecule has 0 saturated heterocycles. The minimum Gasteiger partial charge on any atom is -0.462 e. The molecule has 1 atom stereocenters. The van der Waals surface area contributed by atoms with Gasteiger partial charge in [0.2, 0.25) is 0 Å². The van der Waals surface area contributed by atoms with Gasteiger partial charge in [0.05, 0.1) is 6.61 Å². The van der Waals surface area contributed by atoms with Gasteiger partial charge in [-0.2, -0.15) is 0 Å². The van der Waals surface area contributed by atoms with E-state index in [9.17, 15) is 4.79 Å². The Labute approximate surface area is 138 Å². The van der Waals surface area contributed by atoms with E-state index in [4.69, 9.17) is 4.74 Å². The maximum Gasteiger partial charge on any atom is 0.333 e. The number of carbonyl (C=O) groups excluding carboxylic acids is 1. The van der Waals surface area contributed by atoms with Gasteiger partial charge in [-0.05, 0) is 25.9 Å². The van der Waals surface area contributed by atoms with Crippen LogP contribution in [-0.2, 0) is 9.53 Å². The molecule has 0 aromatic heterocycles. The summed E-state index contributed by atoms with van der Waals surface area (Å²) in [6.07, 6.45) is 14.2. The molecule has 4 heteroatoms. The highest BCUT2D eigenvalue weighted by atomic mass is 79.9. The van der Waals surface area contributed by atoms with Gasteiger partial charge in [-0.25, -0.2) is 4.79 Å². The van der Waals surface area contributed by atoms with Gasteiger partial charge in [-0.3, -0.25) is 0 Å². The van der Waals surface area contributed by atoms with Gasteiger partial charge in [0.15, 0.2) is 0 Å². The van der Waals surface area contributed by atoms with Crippen LogP contribution in [0, 0.1) is 0 Å². The number of halogens is 1. The fourth-order valence-corrected chi connectivity index (χ4v) is 2.24. The summed E-state index contributed by atoms with van der Waals surface area (Å²) in [5.41, 5.74) is 0.488. The van der Waals surface area contributed by atoms with Crippen molar-refractivity contribution in [2.45, 2.75) is 71.1 Å². The summed E-state index contributed by atoms with van der Waals surface area (Å²) in [6, 6.07) is 0. The zero-order valence-electron chi connectivity index (χ0n) is 13.0. The van der Waals surface area contributed by atoms with Crippen LogP contribution in [0.4, 0.5) is 0 Å². The number of hydrogen-bond acceptors (Lipinski definition) is 2. The van der Waals surface area contributed by atoms with Crippen LogP contribution >= 0.6 is 26.2 Å². The predicted octanol–water partition coefficient (Wildman–Crippen LogP) is 5.46. The van der Waals surface area contributed by atoms with Gasteiger partial charge in [0.25, 0.3) is 0 Å². The van der Waals surface area contributed by atoms with Gasteiger partial charge in [-0.15, -0.1) is 26.2 Å². The fourth-order valence-electron chi connectivity index (χ4n) is 1.95. The quantitative estimate of drug-likeness (QED) is 0.187. The number of unbranched alkanes of at least 4 members (excludes halogenated alkanes) is 9. The van der Waals surface area contributed by atoms with Crippen molar-refractivity contribution < 1.29 is 9.53 Å². The van der Waals surface area contributed by atoms with E-state index in [1.54, 1.807) is 6.92 Å². The highest BCUT2D eigenvalue weighted by Crippen LogP contribution is 2.11. The smallest absolute Gasteiger partial charge is 0.333 e. The van der Waals surface area contributed by atoms with Crippen LogP contribution in [0.5, 0.6) is 0 Å². The molecule has 0 saturated carbocycles. The summed E-state index contributed by atoms with van der Waals surface area (Å²) in [5, 5.41) is 0. The lowest BCUT2D eigenvalue weighted by atomic mass is 10.1. The first-order valence-corrected chi connectivity index (χ1v) is 8.53. The fraction of sp³-hybridized carbons (Fsp3) is 0.812. The number of carbonyl (C=O) groups is 1. The van der Waals surface area contributed by atoms with Crippen LogP contribution in [0.25, 0.3) is 0 Å². The summed E-state index contributed by atoms with van der Waals surface area (Å²) < 4.78 is 5.05. The molecule has 0 fully saturated rings. The Balaban J connectivity index is 0. The average Bonchev–Trinajstić information content (AvgIpc) is 2.39. The Bertz CT molecular complexity index is 245. The van der Waals surface area contributed by atoms with E-state index in [2.05, 4.69) is 15.8 Å². The van der Waals surface area contributed by atoms with Gasteiger partial charge in [-0.1, -0.05) is 57.9 Å². The van der Waals surface area contributed by atoms with Crippen molar-refractivity contribution >= 4 is 32.2 Å². The Morgan fingerprint density at radius 1 is 0.900 bits per heavy atom. The van der Waals surface area contributed by atoms with Crippen molar-refractivity contribution in [3.05, 3.63) is 12.2 Å². The lowest BCUT2D eigenvalue weighted by Gasteiger charge is -2.04. The lowest BCUT2D eigenvalue weighted by Crippen LogP contribution is -2.05. The maximum absolute atomic E-state index is 11.1. The third-order valence-electron chi connectivity index (χ3n) is 3.18. The molecule has 2 nitrogen and oxygen atoms in total. The average molecular weight is 367 g/mol. The molecule has 0 radical (unpaired) electrons. The van der Waals surface area contributed by atoms with Crippen LogP contribution < -0.4 is 0 Å². The van der Waals surface area contributed by atoms with E-state index in [0.717, 1.165) is 12.8 Å². The number of esters is 1. The molecule has 20 heavy (non-hydrogen) atoms. The second kappa shape index (κ2) is 17.2. The van der Waals surface area contributed by atoms with Crippen LogP contribution in [-0.4, -0.2) is 18.7 Å². The highest BCUT2D eigenvalue weighted by Gasteiger charge is 2.01. The van der Waals surface area contributed by atoms with Crippen LogP contribution in [0.15, 0.2) is 12.2 Å². The van der Waals surface area contributed by atoms with Crippen molar-refractivity contribution in [3.63, 3.8) is 0 Å². The minimum absolute atomic E-state index is 0. The SMILES string of the molecule is Br.C=C(C)C(=O)OCCCCCCCCCCCCP. The Hall–Kier alpha value is 0.120. The number of ether oxygens (including phenoxy) is 1. The molecule has 0 aliphatic carbocycles. The van der Waals surface area contributed by atoms with Crippen LogP contribution in [0.1, 0.15) is 71.1 Å². The molecule has 0 spiro atoms. The predicted molar refractivity (Wildman–Crippen MR) is 96.8 cm³/mol. The molecule has 1 unspecified atom stereocenters. The third kappa shape index (κ3) is 16.2. The van der Waals surface area contributed by atoms with Crippen LogP contribution in [0.2, 0.25) is 0 Å². The monoisotopic (exact) mass is 366 g/mol. The third-order valence-corrected chi connectivity index (χ3v) is 3.59. The van der Waals surface area contributed by atoms with Crippen LogP contribution in [0.3, 0.4) is 0 Å².